The fourth-order valence-electron chi connectivity index (χ4n) is 3.78. The highest BCUT2D eigenvalue weighted by atomic mass is 32.1. The Hall–Kier alpha value is -4.10. The number of thiophene rings is 1. The van der Waals surface area contributed by atoms with Crippen LogP contribution < -0.4 is 10.6 Å². The molecule has 0 aliphatic carbocycles. The molecule has 6 nitrogen and oxygen atoms in total. The van der Waals surface area contributed by atoms with Crippen LogP contribution in [0.4, 0.5) is 17.2 Å². The largest absolute Gasteiger partial charge is 0.380 e. The van der Waals surface area contributed by atoms with Gasteiger partial charge in [0.15, 0.2) is 5.82 Å². The van der Waals surface area contributed by atoms with Gasteiger partial charge >= 0.3 is 0 Å². The summed E-state index contributed by atoms with van der Waals surface area (Å²) in [6.45, 7) is 0.787. The van der Waals surface area contributed by atoms with E-state index in [1.807, 2.05) is 24.7 Å². The molecule has 4 heterocycles. The second kappa shape index (κ2) is 7.86. The number of H-pyrrole nitrogens is 2. The number of fused-ring (bicyclic) bond motifs is 2. The molecule has 0 saturated carbocycles. The van der Waals surface area contributed by atoms with Gasteiger partial charge in [-0.15, -0.1) is 11.3 Å². The van der Waals surface area contributed by atoms with Crippen molar-refractivity contribution in [3.8, 4) is 10.4 Å². The Balaban J connectivity index is 1.25. The van der Waals surface area contributed by atoms with Crippen molar-refractivity contribution in [2.24, 2.45) is 0 Å². The standard InChI is InChI=1S/C25H20N6S/c1-3-17(4-2-16(1)13-28-20-8-9-26-14-20)23-12-22-24(32-23)25(30-15-29-22)31-19-5-6-21-18(11-19)7-10-27-21/h1-12,14-15,26-28H,13H2,(H,29,30,31). The molecule has 0 unspecified atom stereocenters. The average Bonchev–Trinajstić information content (AvgIpc) is 3.58. The van der Waals surface area contributed by atoms with Gasteiger partial charge in [-0.3, -0.25) is 0 Å². The van der Waals surface area contributed by atoms with E-state index in [4.69, 9.17) is 0 Å². The molecule has 0 fully saturated rings. The van der Waals surface area contributed by atoms with E-state index in [-0.39, 0.29) is 0 Å². The highest BCUT2D eigenvalue weighted by Gasteiger charge is 2.11. The number of rotatable bonds is 6. The summed E-state index contributed by atoms with van der Waals surface area (Å²) in [7, 11) is 0. The van der Waals surface area contributed by atoms with Crippen molar-refractivity contribution in [2.45, 2.75) is 6.54 Å². The molecule has 0 spiro atoms. The van der Waals surface area contributed by atoms with Crippen LogP contribution in [0.15, 0.2) is 85.6 Å². The van der Waals surface area contributed by atoms with Gasteiger partial charge in [0.2, 0.25) is 0 Å². The molecule has 156 valence electrons. The van der Waals surface area contributed by atoms with Gasteiger partial charge in [0.1, 0.15) is 6.33 Å². The van der Waals surface area contributed by atoms with Gasteiger partial charge in [0.25, 0.3) is 0 Å². The van der Waals surface area contributed by atoms with Crippen molar-refractivity contribution in [2.75, 3.05) is 10.6 Å². The van der Waals surface area contributed by atoms with E-state index >= 15 is 0 Å². The summed E-state index contributed by atoms with van der Waals surface area (Å²) in [5, 5.41) is 8.04. The lowest BCUT2D eigenvalue weighted by Crippen LogP contribution is -1.97. The number of aromatic nitrogens is 4. The van der Waals surface area contributed by atoms with E-state index in [1.165, 1.54) is 21.4 Å². The van der Waals surface area contributed by atoms with Crippen LogP contribution in [0.5, 0.6) is 0 Å². The summed E-state index contributed by atoms with van der Waals surface area (Å²) in [6, 6.07) is 21.1. The molecule has 0 saturated heterocycles. The molecule has 6 rings (SSSR count). The Kier molecular flexibility index (Phi) is 4.58. The third-order valence-electron chi connectivity index (χ3n) is 5.46. The van der Waals surface area contributed by atoms with Crippen molar-refractivity contribution in [1.82, 2.24) is 19.9 Å². The molecular weight excluding hydrogens is 416 g/mol. The summed E-state index contributed by atoms with van der Waals surface area (Å²) < 4.78 is 1.05. The van der Waals surface area contributed by atoms with Crippen LogP contribution in [-0.2, 0) is 6.54 Å². The van der Waals surface area contributed by atoms with E-state index in [2.05, 4.69) is 85.2 Å². The van der Waals surface area contributed by atoms with E-state index in [0.717, 1.165) is 39.5 Å². The predicted octanol–water partition coefficient (Wildman–Crippen LogP) is 6.52. The second-order valence-electron chi connectivity index (χ2n) is 7.60. The molecule has 0 bridgehead atoms. The quantitative estimate of drug-likeness (QED) is 0.239. The van der Waals surface area contributed by atoms with Gasteiger partial charge in [0.05, 0.1) is 15.9 Å². The normalized spacial score (nSPS) is 11.2. The number of anilines is 3. The molecule has 0 amide bonds. The van der Waals surface area contributed by atoms with Gasteiger partial charge in [-0.05, 0) is 47.5 Å². The SMILES string of the molecule is c1nc(Nc2ccc3[nH]ccc3c2)c2sc(-c3ccc(CNc4cc[nH]c4)cc3)cc2n1. The summed E-state index contributed by atoms with van der Waals surface area (Å²) in [4.78, 5) is 16.5. The molecule has 4 aromatic heterocycles. The molecule has 2 aromatic carbocycles. The zero-order valence-corrected chi connectivity index (χ0v) is 17.9. The lowest BCUT2D eigenvalue weighted by Gasteiger charge is -2.06. The molecule has 0 aliphatic rings. The molecule has 32 heavy (non-hydrogen) atoms. The van der Waals surface area contributed by atoms with Gasteiger partial charge in [0, 0.05) is 46.6 Å². The Morgan fingerprint density at radius 1 is 0.875 bits per heavy atom. The lowest BCUT2D eigenvalue weighted by atomic mass is 10.1. The van der Waals surface area contributed by atoms with Gasteiger partial charge in [-0.2, -0.15) is 0 Å². The monoisotopic (exact) mass is 436 g/mol. The summed E-state index contributed by atoms with van der Waals surface area (Å²) in [5.41, 5.74) is 6.58. The van der Waals surface area contributed by atoms with Crippen molar-refractivity contribution in [3.05, 3.63) is 91.1 Å². The van der Waals surface area contributed by atoms with Crippen LogP contribution in [0.2, 0.25) is 0 Å². The van der Waals surface area contributed by atoms with Crippen LogP contribution in [0.1, 0.15) is 5.56 Å². The maximum atomic E-state index is 4.51. The van der Waals surface area contributed by atoms with E-state index in [1.54, 1.807) is 17.7 Å². The van der Waals surface area contributed by atoms with Crippen molar-refractivity contribution >= 4 is 49.6 Å². The van der Waals surface area contributed by atoms with Gasteiger partial charge in [-0.1, -0.05) is 24.3 Å². The first-order chi connectivity index (χ1) is 15.8. The van der Waals surface area contributed by atoms with Crippen molar-refractivity contribution < 1.29 is 0 Å². The maximum absolute atomic E-state index is 4.51. The zero-order valence-electron chi connectivity index (χ0n) is 17.1. The third-order valence-corrected chi connectivity index (χ3v) is 6.64. The minimum Gasteiger partial charge on any atom is -0.380 e. The molecule has 7 heteroatoms. The average molecular weight is 437 g/mol. The summed E-state index contributed by atoms with van der Waals surface area (Å²) in [5.74, 6) is 0.827. The number of aromatic amines is 2. The van der Waals surface area contributed by atoms with E-state index < -0.39 is 0 Å². The molecule has 6 aromatic rings. The maximum Gasteiger partial charge on any atom is 0.151 e. The predicted molar refractivity (Wildman–Crippen MR) is 133 cm³/mol. The number of benzene rings is 2. The Morgan fingerprint density at radius 3 is 2.69 bits per heavy atom. The van der Waals surface area contributed by atoms with Crippen LogP contribution in [0.3, 0.4) is 0 Å². The molecule has 0 aliphatic heterocycles. The first-order valence-corrected chi connectivity index (χ1v) is 11.2. The van der Waals surface area contributed by atoms with Crippen LogP contribution in [0.25, 0.3) is 31.6 Å². The van der Waals surface area contributed by atoms with Gasteiger partial charge < -0.3 is 20.6 Å². The Labute approximate surface area is 188 Å². The first kappa shape index (κ1) is 18.7. The highest BCUT2D eigenvalue weighted by molar-refractivity contribution is 7.22. The number of hydrogen-bond donors (Lipinski definition) is 4. The molecule has 4 N–H and O–H groups in total. The highest BCUT2D eigenvalue weighted by Crippen LogP contribution is 2.36. The Morgan fingerprint density at radius 2 is 1.81 bits per heavy atom. The molecular formula is C25H20N6S. The van der Waals surface area contributed by atoms with E-state index in [9.17, 15) is 0 Å². The van der Waals surface area contributed by atoms with E-state index in [0.29, 0.717) is 0 Å². The molecule has 0 radical (unpaired) electrons. The summed E-state index contributed by atoms with van der Waals surface area (Å²) in [6.07, 6.45) is 7.43. The molecule has 0 atom stereocenters. The van der Waals surface area contributed by atoms with Crippen molar-refractivity contribution in [1.29, 1.82) is 0 Å². The minimum atomic E-state index is 0.787. The topological polar surface area (TPSA) is 81.4 Å². The van der Waals surface area contributed by atoms with Crippen LogP contribution >= 0.6 is 11.3 Å². The number of nitrogens with one attached hydrogen (secondary N) is 4. The fraction of sp³-hybridized carbons (Fsp3) is 0.0400. The van der Waals surface area contributed by atoms with Crippen molar-refractivity contribution in [3.63, 3.8) is 0 Å². The van der Waals surface area contributed by atoms with Gasteiger partial charge in [-0.25, -0.2) is 9.97 Å². The summed E-state index contributed by atoms with van der Waals surface area (Å²) >= 11 is 1.71. The third kappa shape index (κ3) is 3.59. The Bertz CT molecular complexity index is 1500. The van der Waals surface area contributed by atoms with Crippen LogP contribution in [0, 0.1) is 0 Å². The second-order valence-corrected chi connectivity index (χ2v) is 8.65. The van der Waals surface area contributed by atoms with Crippen LogP contribution in [-0.4, -0.2) is 19.9 Å². The smallest absolute Gasteiger partial charge is 0.151 e. The first-order valence-electron chi connectivity index (χ1n) is 10.4. The zero-order chi connectivity index (χ0) is 21.3. The lowest BCUT2D eigenvalue weighted by molar-refractivity contribution is 1.15. The number of hydrogen-bond acceptors (Lipinski definition) is 5. The minimum absolute atomic E-state index is 0.787. The fourth-order valence-corrected chi connectivity index (χ4v) is 4.84. The number of nitrogens with zero attached hydrogens (tertiary/aromatic N) is 2.